The molecule has 0 saturated carbocycles. The van der Waals surface area contributed by atoms with Crippen LogP contribution in [0.2, 0.25) is 0 Å². The molecule has 2 aromatic carbocycles. The predicted octanol–water partition coefficient (Wildman–Crippen LogP) is 2.55. The second kappa shape index (κ2) is 8.03. The van der Waals surface area contributed by atoms with Gasteiger partial charge in [-0.15, -0.1) is 0 Å². The maximum Gasteiger partial charge on any atom is 0.293 e. The first-order chi connectivity index (χ1) is 13.4. The Morgan fingerprint density at radius 2 is 1.86 bits per heavy atom. The lowest BCUT2D eigenvalue weighted by Crippen LogP contribution is -2.42. The molecule has 3 N–H and O–H groups in total. The van der Waals surface area contributed by atoms with Gasteiger partial charge in [-0.2, -0.15) is 0 Å². The number of carbonyl (C=O) groups excluding carboxylic acids is 2. The topological polar surface area (TPSA) is 119 Å². The molecular formula is C19H19FN4O4. The highest BCUT2D eigenvalue weighted by atomic mass is 19.1. The van der Waals surface area contributed by atoms with Gasteiger partial charge in [0.15, 0.2) is 0 Å². The van der Waals surface area contributed by atoms with Crippen LogP contribution in [0.3, 0.4) is 0 Å². The zero-order chi connectivity index (χ0) is 20.3. The first-order valence-corrected chi connectivity index (χ1v) is 8.75. The SMILES string of the molecule is NC(=O)c1ccc(NC2CCN(C(=O)c3ccccc3F)CC2)c([N+](=O)[O-])c1. The van der Waals surface area contributed by atoms with E-state index < -0.39 is 16.6 Å². The summed E-state index contributed by atoms with van der Waals surface area (Å²) >= 11 is 0. The van der Waals surface area contributed by atoms with Crippen LogP contribution < -0.4 is 11.1 Å². The summed E-state index contributed by atoms with van der Waals surface area (Å²) in [5, 5.41) is 14.4. The molecule has 1 saturated heterocycles. The van der Waals surface area contributed by atoms with Crippen molar-refractivity contribution in [3.63, 3.8) is 0 Å². The number of benzene rings is 2. The number of nitro benzene ring substituents is 1. The van der Waals surface area contributed by atoms with Crippen molar-refractivity contribution in [3.05, 3.63) is 69.5 Å². The number of hydrogen-bond donors (Lipinski definition) is 2. The molecule has 1 heterocycles. The van der Waals surface area contributed by atoms with Gasteiger partial charge in [-0.3, -0.25) is 19.7 Å². The van der Waals surface area contributed by atoms with Crippen LogP contribution in [0.15, 0.2) is 42.5 Å². The molecule has 1 aliphatic heterocycles. The Hall–Kier alpha value is -3.49. The van der Waals surface area contributed by atoms with Crippen LogP contribution >= 0.6 is 0 Å². The fourth-order valence-corrected chi connectivity index (χ4v) is 3.21. The van der Waals surface area contributed by atoms with E-state index in [4.69, 9.17) is 5.73 Å². The van der Waals surface area contributed by atoms with Crippen molar-refractivity contribution in [1.29, 1.82) is 0 Å². The summed E-state index contributed by atoms with van der Waals surface area (Å²) in [6.45, 7) is 0.802. The van der Waals surface area contributed by atoms with Crippen LogP contribution in [0.1, 0.15) is 33.6 Å². The van der Waals surface area contributed by atoms with E-state index in [2.05, 4.69) is 5.32 Å². The number of likely N-dealkylation sites (tertiary alicyclic amines) is 1. The van der Waals surface area contributed by atoms with Gasteiger partial charge in [0, 0.05) is 30.8 Å². The number of rotatable bonds is 5. The zero-order valence-corrected chi connectivity index (χ0v) is 14.9. The minimum absolute atomic E-state index is 0.0339. The minimum Gasteiger partial charge on any atom is -0.377 e. The van der Waals surface area contributed by atoms with Crippen molar-refractivity contribution < 1.29 is 18.9 Å². The third-order valence-corrected chi connectivity index (χ3v) is 4.73. The van der Waals surface area contributed by atoms with Crippen molar-refractivity contribution in [3.8, 4) is 0 Å². The quantitative estimate of drug-likeness (QED) is 0.605. The summed E-state index contributed by atoms with van der Waals surface area (Å²) in [6, 6.07) is 9.76. The monoisotopic (exact) mass is 386 g/mol. The van der Waals surface area contributed by atoms with Gasteiger partial charge in [-0.25, -0.2) is 4.39 Å². The molecule has 8 nitrogen and oxygen atoms in total. The molecule has 1 fully saturated rings. The Labute approximate surface area is 160 Å². The molecule has 0 bridgehead atoms. The van der Waals surface area contributed by atoms with Gasteiger partial charge in [0.2, 0.25) is 5.91 Å². The molecule has 3 rings (SSSR count). The van der Waals surface area contributed by atoms with Gasteiger partial charge in [0.25, 0.3) is 11.6 Å². The van der Waals surface area contributed by atoms with Gasteiger partial charge in [-0.1, -0.05) is 12.1 Å². The number of amides is 2. The summed E-state index contributed by atoms with van der Waals surface area (Å²) in [5.74, 6) is -1.67. The van der Waals surface area contributed by atoms with Crippen molar-refractivity contribution >= 4 is 23.2 Å². The molecule has 0 radical (unpaired) electrons. The minimum atomic E-state index is -0.741. The smallest absolute Gasteiger partial charge is 0.293 e. The summed E-state index contributed by atoms with van der Waals surface area (Å²) in [7, 11) is 0. The average molecular weight is 386 g/mol. The first-order valence-electron chi connectivity index (χ1n) is 8.75. The normalized spacial score (nSPS) is 14.5. The molecule has 9 heteroatoms. The highest BCUT2D eigenvalue weighted by molar-refractivity contribution is 5.95. The fraction of sp³-hybridized carbons (Fsp3) is 0.263. The Morgan fingerprint density at radius 1 is 1.18 bits per heavy atom. The van der Waals surface area contributed by atoms with Crippen LogP contribution in [-0.4, -0.2) is 40.8 Å². The van der Waals surface area contributed by atoms with E-state index in [0.29, 0.717) is 25.9 Å². The molecule has 0 unspecified atom stereocenters. The molecule has 1 aliphatic rings. The molecule has 0 atom stereocenters. The second-order valence-electron chi connectivity index (χ2n) is 6.54. The molecule has 2 aromatic rings. The molecule has 28 heavy (non-hydrogen) atoms. The number of anilines is 1. The number of nitrogens with zero attached hydrogens (tertiary/aromatic N) is 2. The van der Waals surface area contributed by atoms with Crippen molar-refractivity contribution in [2.45, 2.75) is 18.9 Å². The molecular weight excluding hydrogens is 367 g/mol. The highest BCUT2D eigenvalue weighted by Gasteiger charge is 2.26. The number of piperidine rings is 1. The number of carbonyl (C=O) groups is 2. The van der Waals surface area contributed by atoms with Crippen molar-refractivity contribution in [2.75, 3.05) is 18.4 Å². The molecule has 0 aliphatic carbocycles. The van der Waals surface area contributed by atoms with E-state index in [1.807, 2.05) is 0 Å². The largest absolute Gasteiger partial charge is 0.377 e. The van der Waals surface area contributed by atoms with E-state index in [0.717, 1.165) is 6.07 Å². The van der Waals surface area contributed by atoms with Gasteiger partial charge in [0.05, 0.1) is 10.5 Å². The fourth-order valence-electron chi connectivity index (χ4n) is 3.21. The lowest BCUT2D eigenvalue weighted by Gasteiger charge is -2.33. The van der Waals surface area contributed by atoms with E-state index in [1.54, 1.807) is 11.0 Å². The van der Waals surface area contributed by atoms with Crippen LogP contribution in [0.5, 0.6) is 0 Å². The lowest BCUT2D eigenvalue weighted by molar-refractivity contribution is -0.384. The molecule has 2 amide bonds. The summed E-state index contributed by atoms with van der Waals surface area (Å²) in [6.07, 6.45) is 1.10. The Morgan fingerprint density at radius 3 is 2.46 bits per heavy atom. The Balaban J connectivity index is 1.66. The molecule has 0 spiro atoms. The predicted molar refractivity (Wildman–Crippen MR) is 101 cm³/mol. The number of nitrogens with two attached hydrogens (primary N) is 1. The van der Waals surface area contributed by atoms with Gasteiger partial charge < -0.3 is 16.0 Å². The van der Waals surface area contributed by atoms with E-state index in [9.17, 15) is 24.1 Å². The van der Waals surface area contributed by atoms with Gasteiger partial charge in [0.1, 0.15) is 11.5 Å². The number of primary amides is 1. The van der Waals surface area contributed by atoms with Crippen LogP contribution in [0.25, 0.3) is 0 Å². The highest BCUT2D eigenvalue weighted by Crippen LogP contribution is 2.28. The lowest BCUT2D eigenvalue weighted by atomic mass is 10.0. The number of halogens is 1. The molecule has 146 valence electrons. The third kappa shape index (κ3) is 4.08. The summed E-state index contributed by atoms with van der Waals surface area (Å²) in [4.78, 5) is 36.0. The van der Waals surface area contributed by atoms with Crippen molar-refractivity contribution in [1.82, 2.24) is 4.90 Å². The Bertz CT molecular complexity index is 926. The van der Waals surface area contributed by atoms with Crippen molar-refractivity contribution in [2.24, 2.45) is 5.73 Å². The molecule has 0 aromatic heterocycles. The van der Waals surface area contributed by atoms with Gasteiger partial charge in [-0.05, 0) is 37.1 Å². The average Bonchev–Trinajstić information content (AvgIpc) is 2.68. The third-order valence-electron chi connectivity index (χ3n) is 4.73. The summed E-state index contributed by atoms with van der Waals surface area (Å²) < 4.78 is 13.8. The first kappa shape index (κ1) is 19.3. The zero-order valence-electron chi connectivity index (χ0n) is 14.9. The van der Waals surface area contributed by atoms with Crippen LogP contribution in [0, 0.1) is 15.9 Å². The second-order valence-corrected chi connectivity index (χ2v) is 6.54. The van der Waals surface area contributed by atoms with Crippen LogP contribution in [-0.2, 0) is 0 Å². The number of hydrogen-bond acceptors (Lipinski definition) is 5. The number of nitro groups is 1. The van der Waals surface area contributed by atoms with E-state index in [1.165, 1.54) is 30.3 Å². The maximum atomic E-state index is 13.8. The van der Waals surface area contributed by atoms with Gasteiger partial charge >= 0.3 is 0 Å². The van der Waals surface area contributed by atoms with Crippen LogP contribution in [0.4, 0.5) is 15.8 Å². The maximum absolute atomic E-state index is 13.8. The standard InChI is InChI=1S/C19H19FN4O4/c20-15-4-2-1-3-14(15)19(26)23-9-7-13(8-10-23)22-16-6-5-12(18(21)25)11-17(16)24(27)28/h1-6,11,13,22H,7-10H2,(H2,21,25). The number of nitrogens with one attached hydrogen (secondary N) is 1. The van der Waals surface area contributed by atoms with E-state index in [-0.39, 0.29) is 34.5 Å². The van der Waals surface area contributed by atoms with E-state index >= 15 is 0 Å². The summed E-state index contributed by atoms with van der Waals surface area (Å²) in [5.41, 5.74) is 5.32. The Kier molecular flexibility index (Phi) is 5.53.